The summed E-state index contributed by atoms with van der Waals surface area (Å²) in [5.74, 6) is 2.39. The third-order valence-electron chi connectivity index (χ3n) is 2.72. The van der Waals surface area contributed by atoms with E-state index < -0.39 is 0 Å². The van der Waals surface area contributed by atoms with Crippen LogP contribution in [0.5, 0.6) is 0 Å². The van der Waals surface area contributed by atoms with Gasteiger partial charge < -0.3 is 5.32 Å². The van der Waals surface area contributed by atoms with E-state index in [4.69, 9.17) is 18.0 Å². The molecule has 1 heterocycles. The predicted octanol–water partition coefficient (Wildman–Crippen LogP) is 2.52. The summed E-state index contributed by atoms with van der Waals surface area (Å²) in [6.45, 7) is 4.33. The highest BCUT2D eigenvalue weighted by molar-refractivity contribution is 6.33. The molecule has 0 saturated carbocycles. The minimum atomic E-state index is -0.269. The molecular formula is C13H18ClN3O. The van der Waals surface area contributed by atoms with Crippen molar-refractivity contribution < 1.29 is 0 Å². The lowest BCUT2D eigenvalue weighted by molar-refractivity contribution is 0.614. The molecule has 0 aliphatic heterocycles. The van der Waals surface area contributed by atoms with Gasteiger partial charge in [-0.2, -0.15) is 5.10 Å². The first-order valence-corrected chi connectivity index (χ1v) is 6.47. The number of hydrogen-bond acceptors (Lipinski definition) is 3. The van der Waals surface area contributed by atoms with E-state index >= 15 is 0 Å². The number of nitrogens with zero attached hydrogens (tertiary/aromatic N) is 2. The van der Waals surface area contributed by atoms with E-state index in [-0.39, 0.29) is 18.1 Å². The molecular weight excluding hydrogens is 250 g/mol. The second-order valence-electron chi connectivity index (χ2n) is 4.07. The maximum absolute atomic E-state index is 12.1. The van der Waals surface area contributed by atoms with Crippen molar-refractivity contribution in [3.8, 4) is 12.3 Å². The first-order chi connectivity index (χ1) is 8.63. The van der Waals surface area contributed by atoms with Crippen LogP contribution in [0.2, 0.25) is 5.02 Å². The lowest BCUT2D eigenvalue weighted by Gasteiger charge is -2.18. The van der Waals surface area contributed by atoms with Gasteiger partial charge in [0.1, 0.15) is 12.2 Å². The zero-order chi connectivity index (χ0) is 13.5. The standard InChI is InChI=1S/C13H18ClN3O/c1-4-7-10(6-3)16-12-11(14)9-15-17(8-5-2)13(12)18/h2,9-10,16H,4,6-8H2,1,3H3. The van der Waals surface area contributed by atoms with Crippen molar-refractivity contribution >= 4 is 17.3 Å². The van der Waals surface area contributed by atoms with Crippen molar-refractivity contribution in [2.45, 2.75) is 45.7 Å². The first-order valence-electron chi connectivity index (χ1n) is 6.09. The Labute approximate surface area is 112 Å². The number of terminal acetylenes is 1. The van der Waals surface area contributed by atoms with Crippen LogP contribution in [-0.4, -0.2) is 15.8 Å². The van der Waals surface area contributed by atoms with Crippen LogP contribution in [0.1, 0.15) is 33.1 Å². The van der Waals surface area contributed by atoms with Crippen LogP contribution in [0.3, 0.4) is 0 Å². The highest BCUT2D eigenvalue weighted by atomic mass is 35.5. The summed E-state index contributed by atoms with van der Waals surface area (Å²) in [7, 11) is 0. The van der Waals surface area contributed by atoms with Gasteiger partial charge in [-0.05, 0) is 12.8 Å². The van der Waals surface area contributed by atoms with Crippen LogP contribution < -0.4 is 10.9 Å². The Balaban J connectivity index is 3.04. The number of halogens is 1. The molecule has 1 aromatic heterocycles. The van der Waals surface area contributed by atoms with Gasteiger partial charge in [0.05, 0.1) is 11.2 Å². The molecule has 4 nitrogen and oxygen atoms in total. The third kappa shape index (κ3) is 3.51. The fourth-order valence-corrected chi connectivity index (χ4v) is 1.91. The molecule has 0 bridgehead atoms. The van der Waals surface area contributed by atoms with E-state index in [1.54, 1.807) is 0 Å². The Bertz CT molecular complexity index is 490. The van der Waals surface area contributed by atoms with Crippen LogP contribution in [0.15, 0.2) is 11.0 Å². The highest BCUT2D eigenvalue weighted by Crippen LogP contribution is 2.18. The number of aromatic nitrogens is 2. The molecule has 0 radical (unpaired) electrons. The predicted molar refractivity (Wildman–Crippen MR) is 74.9 cm³/mol. The molecule has 1 unspecified atom stereocenters. The zero-order valence-electron chi connectivity index (χ0n) is 10.7. The third-order valence-corrected chi connectivity index (χ3v) is 3.00. The summed E-state index contributed by atoms with van der Waals surface area (Å²) in [6, 6.07) is 0.238. The van der Waals surface area contributed by atoms with Crippen LogP contribution >= 0.6 is 11.6 Å². The van der Waals surface area contributed by atoms with Crippen molar-refractivity contribution in [3.05, 3.63) is 21.6 Å². The molecule has 0 aromatic carbocycles. The van der Waals surface area contributed by atoms with Gasteiger partial charge >= 0.3 is 0 Å². The Morgan fingerprint density at radius 2 is 2.33 bits per heavy atom. The van der Waals surface area contributed by atoms with Crippen molar-refractivity contribution in [2.24, 2.45) is 0 Å². The minimum absolute atomic E-state index is 0.148. The summed E-state index contributed by atoms with van der Waals surface area (Å²) in [5, 5.41) is 7.42. The monoisotopic (exact) mass is 267 g/mol. The Morgan fingerprint density at radius 1 is 1.61 bits per heavy atom. The molecule has 0 amide bonds. The van der Waals surface area contributed by atoms with Crippen molar-refractivity contribution in [1.29, 1.82) is 0 Å². The van der Waals surface area contributed by atoms with Gasteiger partial charge in [-0.3, -0.25) is 4.79 Å². The van der Waals surface area contributed by atoms with E-state index in [2.05, 4.69) is 30.2 Å². The van der Waals surface area contributed by atoms with Gasteiger partial charge in [-0.15, -0.1) is 6.42 Å². The Hall–Kier alpha value is -1.47. The molecule has 0 saturated heterocycles. The second-order valence-corrected chi connectivity index (χ2v) is 4.48. The quantitative estimate of drug-likeness (QED) is 0.806. The summed E-state index contributed by atoms with van der Waals surface area (Å²) in [4.78, 5) is 12.1. The maximum atomic E-state index is 12.1. The zero-order valence-corrected chi connectivity index (χ0v) is 11.5. The summed E-state index contributed by atoms with van der Waals surface area (Å²) in [6.07, 6.45) is 9.61. The van der Waals surface area contributed by atoms with Gasteiger partial charge in [0, 0.05) is 6.04 Å². The van der Waals surface area contributed by atoms with Crippen LogP contribution in [0.25, 0.3) is 0 Å². The highest BCUT2D eigenvalue weighted by Gasteiger charge is 2.13. The number of rotatable bonds is 6. The Morgan fingerprint density at radius 3 is 2.89 bits per heavy atom. The van der Waals surface area contributed by atoms with Crippen molar-refractivity contribution in [2.75, 3.05) is 5.32 Å². The normalized spacial score (nSPS) is 11.9. The van der Waals surface area contributed by atoms with E-state index in [1.807, 2.05) is 0 Å². The molecule has 18 heavy (non-hydrogen) atoms. The number of anilines is 1. The van der Waals surface area contributed by atoms with Crippen molar-refractivity contribution in [3.63, 3.8) is 0 Å². The van der Waals surface area contributed by atoms with Gasteiger partial charge in [0.15, 0.2) is 0 Å². The molecule has 1 rings (SSSR count). The SMILES string of the molecule is C#CCn1ncc(Cl)c(NC(CC)CCC)c1=O. The van der Waals surface area contributed by atoms with E-state index in [9.17, 15) is 4.79 Å². The van der Waals surface area contributed by atoms with E-state index in [0.29, 0.717) is 10.7 Å². The molecule has 1 N–H and O–H groups in total. The average molecular weight is 268 g/mol. The fraction of sp³-hybridized carbons (Fsp3) is 0.538. The minimum Gasteiger partial charge on any atom is -0.377 e. The summed E-state index contributed by atoms with van der Waals surface area (Å²) < 4.78 is 1.23. The molecule has 0 aliphatic rings. The topological polar surface area (TPSA) is 46.9 Å². The lowest BCUT2D eigenvalue weighted by atomic mass is 10.1. The maximum Gasteiger partial charge on any atom is 0.292 e. The van der Waals surface area contributed by atoms with Crippen LogP contribution in [-0.2, 0) is 6.54 Å². The van der Waals surface area contributed by atoms with Crippen LogP contribution in [0, 0.1) is 12.3 Å². The van der Waals surface area contributed by atoms with E-state index in [0.717, 1.165) is 19.3 Å². The van der Waals surface area contributed by atoms with Gasteiger partial charge in [0.2, 0.25) is 0 Å². The number of hydrogen-bond donors (Lipinski definition) is 1. The fourth-order valence-electron chi connectivity index (χ4n) is 1.73. The van der Waals surface area contributed by atoms with Gasteiger partial charge in [-0.1, -0.05) is 37.8 Å². The first kappa shape index (κ1) is 14.6. The summed E-state index contributed by atoms with van der Waals surface area (Å²) >= 11 is 6.01. The average Bonchev–Trinajstić information content (AvgIpc) is 2.36. The smallest absolute Gasteiger partial charge is 0.292 e. The molecule has 1 atom stereocenters. The van der Waals surface area contributed by atoms with E-state index in [1.165, 1.54) is 10.9 Å². The van der Waals surface area contributed by atoms with Gasteiger partial charge in [-0.25, -0.2) is 4.68 Å². The molecule has 1 aromatic rings. The van der Waals surface area contributed by atoms with Crippen LogP contribution in [0.4, 0.5) is 5.69 Å². The molecule has 0 spiro atoms. The van der Waals surface area contributed by atoms with Crippen molar-refractivity contribution in [1.82, 2.24) is 9.78 Å². The largest absolute Gasteiger partial charge is 0.377 e. The number of nitrogens with one attached hydrogen (secondary N) is 1. The molecule has 0 fully saturated rings. The molecule has 98 valence electrons. The lowest BCUT2D eigenvalue weighted by Crippen LogP contribution is -2.29. The second kappa shape index (κ2) is 7.07. The van der Waals surface area contributed by atoms with Gasteiger partial charge in [0.25, 0.3) is 5.56 Å². The molecule has 5 heteroatoms. The Kier molecular flexibility index (Phi) is 5.73. The molecule has 0 aliphatic carbocycles. The summed E-state index contributed by atoms with van der Waals surface area (Å²) in [5.41, 5.74) is 0.122.